The highest BCUT2D eigenvalue weighted by Crippen LogP contribution is 2.26. The van der Waals surface area contributed by atoms with Gasteiger partial charge in [-0.25, -0.2) is 0 Å². The van der Waals surface area contributed by atoms with Crippen LogP contribution in [0, 0.1) is 21.4 Å². The SMILES string of the molecule is Cl.Cl.N#CC[C@@H](c1ccc([N+](=O)[O-])cc1)N1CCNCC1. The van der Waals surface area contributed by atoms with Crippen LogP contribution in [0.25, 0.3) is 0 Å². The van der Waals surface area contributed by atoms with E-state index in [0.29, 0.717) is 6.42 Å². The summed E-state index contributed by atoms with van der Waals surface area (Å²) in [6.07, 6.45) is 0.401. The van der Waals surface area contributed by atoms with Crippen LogP contribution in [0.5, 0.6) is 0 Å². The highest BCUT2D eigenvalue weighted by molar-refractivity contribution is 5.85. The smallest absolute Gasteiger partial charge is 0.269 e. The van der Waals surface area contributed by atoms with Crippen LogP contribution in [0.2, 0.25) is 0 Å². The molecule has 0 saturated carbocycles. The van der Waals surface area contributed by atoms with Crippen LogP contribution < -0.4 is 5.32 Å². The Balaban J connectivity index is 0.00000200. The van der Waals surface area contributed by atoms with Crippen molar-refractivity contribution >= 4 is 30.5 Å². The van der Waals surface area contributed by atoms with Crippen molar-refractivity contribution in [3.8, 4) is 6.07 Å². The van der Waals surface area contributed by atoms with E-state index in [1.165, 1.54) is 12.1 Å². The number of piperazine rings is 1. The number of nitro groups is 1. The summed E-state index contributed by atoms with van der Waals surface area (Å²) < 4.78 is 0. The number of non-ortho nitro benzene ring substituents is 1. The van der Waals surface area contributed by atoms with Gasteiger partial charge in [-0.05, 0) is 5.56 Å². The molecule has 1 atom stereocenters. The number of benzene rings is 1. The van der Waals surface area contributed by atoms with E-state index in [1.54, 1.807) is 12.1 Å². The van der Waals surface area contributed by atoms with Crippen molar-refractivity contribution in [3.05, 3.63) is 39.9 Å². The molecule has 21 heavy (non-hydrogen) atoms. The average Bonchev–Trinajstić information content (AvgIpc) is 2.46. The van der Waals surface area contributed by atoms with E-state index in [9.17, 15) is 10.1 Å². The molecule has 116 valence electrons. The molecule has 0 bridgehead atoms. The van der Waals surface area contributed by atoms with E-state index in [1.807, 2.05) is 0 Å². The third-order valence-electron chi connectivity index (χ3n) is 3.37. The number of hydrogen-bond donors (Lipinski definition) is 1. The zero-order valence-electron chi connectivity index (χ0n) is 11.4. The summed E-state index contributed by atoms with van der Waals surface area (Å²) in [6.45, 7) is 3.61. The van der Waals surface area contributed by atoms with Gasteiger partial charge in [0, 0.05) is 44.4 Å². The number of nitrogens with zero attached hydrogens (tertiary/aromatic N) is 3. The Labute approximate surface area is 136 Å². The van der Waals surface area contributed by atoms with Crippen LogP contribution in [-0.2, 0) is 0 Å². The molecule has 1 saturated heterocycles. The van der Waals surface area contributed by atoms with Crippen molar-refractivity contribution in [2.24, 2.45) is 0 Å². The maximum atomic E-state index is 10.6. The van der Waals surface area contributed by atoms with Crippen LogP contribution in [0.1, 0.15) is 18.0 Å². The van der Waals surface area contributed by atoms with Gasteiger partial charge < -0.3 is 5.32 Å². The summed E-state index contributed by atoms with van der Waals surface area (Å²) in [4.78, 5) is 12.5. The van der Waals surface area contributed by atoms with Gasteiger partial charge in [0.25, 0.3) is 5.69 Å². The van der Waals surface area contributed by atoms with Crippen molar-refractivity contribution in [1.29, 1.82) is 5.26 Å². The Bertz CT molecular complexity index is 484. The van der Waals surface area contributed by atoms with Gasteiger partial charge in [-0.1, -0.05) is 12.1 Å². The van der Waals surface area contributed by atoms with Crippen LogP contribution in [-0.4, -0.2) is 36.0 Å². The fourth-order valence-electron chi connectivity index (χ4n) is 2.36. The molecule has 2 rings (SSSR count). The quantitative estimate of drug-likeness (QED) is 0.675. The lowest BCUT2D eigenvalue weighted by Crippen LogP contribution is -2.45. The molecule has 1 aromatic rings. The van der Waals surface area contributed by atoms with E-state index >= 15 is 0 Å². The lowest BCUT2D eigenvalue weighted by molar-refractivity contribution is -0.384. The molecule has 1 aliphatic rings. The van der Waals surface area contributed by atoms with E-state index in [0.717, 1.165) is 31.7 Å². The molecular formula is C13H18Cl2N4O2. The van der Waals surface area contributed by atoms with E-state index < -0.39 is 4.92 Å². The van der Waals surface area contributed by atoms with Crippen molar-refractivity contribution in [3.63, 3.8) is 0 Å². The second-order valence-corrected chi connectivity index (χ2v) is 4.51. The number of hydrogen-bond acceptors (Lipinski definition) is 5. The maximum absolute atomic E-state index is 10.6. The molecule has 6 nitrogen and oxygen atoms in total. The number of nitrogens with one attached hydrogen (secondary N) is 1. The van der Waals surface area contributed by atoms with Crippen LogP contribution in [0.15, 0.2) is 24.3 Å². The van der Waals surface area contributed by atoms with Gasteiger partial charge in [-0.2, -0.15) is 5.26 Å². The van der Waals surface area contributed by atoms with Gasteiger partial charge in [0.2, 0.25) is 0 Å². The number of nitriles is 1. The van der Waals surface area contributed by atoms with Crippen molar-refractivity contribution in [2.75, 3.05) is 26.2 Å². The third-order valence-corrected chi connectivity index (χ3v) is 3.37. The van der Waals surface area contributed by atoms with Gasteiger partial charge in [0.15, 0.2) is 0 Å². The summed E-state index contributed by atoms with van der Waals surface area (Å²) in [7, 11) is 0. The Morgan fingerprint density at radius 3 is 2.33 bits per heavy atom. The van der Waals surface area contributed by atoms with E-state index in [4.69, 9.17) is 5.26 Å². The highest BCUT2D eigenvalue weighted by atomic mass is 35.5. The van der Waals surface area contributed by atoms with Gasteiger partial charge in [0.05, 0.1) is 17.4 Å². The van der Waals surface area contributed by atoms with Gasteiger partial charge in [-0.3, -0.25) is 15.0 Å². The molecule has 1 N–H and O–H groups in total. The maximum Gasteiger partial charge on any atom is 0.269 e. The topological polar surface area (TPSA) is 82.2 Å². The minimum absolute atomic E-state index is 0. The fourth-order valence-corrected chi connectivity index (χ4v) is 2.36. The first-order valence-corrected chi connectivity index (χ1v) is 6.28. The predicted octanol–water partition coefficient (Wildman–Crippen LogP) is 2.30. The Hall–Kier alpha value is -1.39. The van der Waals surface area contributed by atoms with E-state index in [2.05, 4.69) is 16.3 Å². The normalized spacial score (nSPS) is 16.0. The average molecular weight is 333 g/mol. The standard InChI is InChI=1S/C13H16N4O2.2ClH/c14-6-5-13(16-9-7-15-8-10-16)11-1-3-12(4-2-11)17(18)19;;/h1-4,13,15H,5,7-10H2;2*1H/t13-;;/m0../s1. The molecule has 1 fully saturated rings. The lowest BCUT2D eigenvalue weighted by atomic mass is 10.0. The van der Waals surface area contributed by atoms with Crippen LogP contribution >= 0.6 is 24.8 Å². The first-order valence-electron chi connectivity index (χ1n) is 6.28. The molecule has 1 heterocycles. The Morgan fingerprint density at radius 1 is 1.29 bits per heavy atom. The summed E-state index contributed by atoms with van der Waals surface area (Å²) in [5, 5.41) is 22.9. The molecule has 0 spiro atoms. The third kappa shape index (κ3) is 5.14. The zero-order valence-corrected chi connectivity index (χ0v) is 13.0. The second kappa shape index (κ2) is 9.53. The molecule has 1 aliphatic heterocycles. The summed E-state index contributed by atoms with van der Waals surface area (Å²) in [5.74, 6) is 0. The van der Waals surface area contributed by atoms with Gasteiger partial charge >= 0.3 is 0 Å². The molecule has 1 aromatic carbocycles. The summed E-state index contributed by atoms with van der Waals surface area (Å²) in [5.41, 5.74) is 1.05. The van der Waals surface area contributed by atoms with Crippen LogP contribution in [0.4, 0.5) is 5.69 Å². The van der Waals surface area contributed by atoms with Crippen LogP contribution in [0.3, 0.4) is 0 Å². The summed E-state index contributed by atoms with van der Waals surface area (Å²) >= 11 is 0. The number of nitro benzene ring substituents is 1. The Morgan fingerprint density at radius 2 is 1.86 bits per heavy atom. The largest absolute Gasteiger partial charge is 0.314 e. The Kier molecular flexibility index (Phi) is 8.90. The first-order chi connectivity index (χ1) is 9.22. The molecule has 8 heteroatoms. The van der Waals surface area contributed by atoms with Crippen molar-refractivity contribution in [1.82, 2.24) is 10.2 Å². The van der Waals surface area contributed by atoms with Gasteiger partial charge in [-0.15, -0.1) is 24.8 Å². The number of halogens is 2. The molecule has 0 aliphatic carbocycles. The molecule has 0 aromatic heterocycles. The zero-order chi connectivity index (χ0) is 13.7. The van der Waals surface area contributed by atoms with E-state index in [-0.39, 0.29) is 36.5 Å². The highest BCUT2D eigenvalue weighted by Gasteiger charge is 2.22. The molecule has 0 amide bonds. The minimum Gasteiger partial charge on any atom is -0.314 e. The molecule has 0 unspecified atom stereocenters. The monoisotopic (exact) mass is 332 g/mol. The van der Waals surface area contributed by atoms with Crippen molar-refractivity contribution < 1.29 is 4.92 Å². The number of rotatable bonds is 4. The molecular weight excluding hydrogens is 315 g/mol. The lowest BCUT2D eigenvalue weighted by Gasteiger charge is -2.34. The minimum atomic E-state index is -0.409. The molecule has 0 radical (unpaired) electrons. The predicted molar refractivity (Wildman–Crippen MR) is 85.0 cm³/mol. The fraction of sp³-hybridized carbons (Fsp3) is 0.462. The summed E-state index contributed by atoms with van der Waals surface area (Å²) in [6, 6.07) is 8.73. The first kappa shape index (κ1) is 19.6. The van der Waals surface area contributed by atoms with Crippen molar-refractivity contribution in [2.45, 2.75) is 12.5 Å². The second-order valence-electron chi connectivity index (χ2n) is 4.51. The van der Waals surface area contributed by atoms with Gasteiger partial charge in [0.1, 0.15) is 0 Å².